The highest BCUT2D eigenvalue weighted by molar-refractivity contribution is 6.30. The lowest BCUT2D eigenvalue weighted by Gasteiger charge is -2.04. The van der Waals surface area contributed by atoms with E-state index in [-0.39, 0.29) is 5.69 Å². The van der Waals surface area contributed by atoms with Gasteiger partial charge in [0, 0.05) is 17.6 Å². The summed E-state index contributed by atoms with van der Waals surface area (Å²) in [6.07, 6.45) is 1.13. The number of aromatic nitrogens is 2. The molecule has 3 nitrogen and oxygen atoms in total. The zero-order valence-electron chi connectivity index (χ0n) is 8.54. The van der Waals surface area contributed by atoms with Crippen molar-refractivity contribution in [2.75, 3.05) is 12.4 Å². The number of hydrogen-bond donors (Lipinski definition) is 1. The van der Waals surface area contributed by atoms with Gasteiger partial charge in [0.25, 0.3) is 0 Å². The predicted molar refractivity (Wildman–Crippen MR) is 62.0 cm³/mol. The highest BCUT2D eigenvalue weighted by Gasteiger charge is 2.08. The summed E-state index contributed by atoms with van der Waals surface area (Å²) in [7, 11) is 1.68. The number of nitrogens with one attached hydrogen (secondary N) is 1. The van der Waals surface area contributed by atoms with Crippen molar-refractivity contribution >= 4 is 17.5 Å². The third-order valence-corrected chi connectivity index (χ3v) is 2.30. The molecule has 0 saturated heterocycles. The molecule has 1 aromatic carbocycles. The quantitative estimate of drug-likeness (QED) is 0.873. The van der Waals surface area contributed by atoms with Crippen molar-refractivity contribution in [2.45, 2.75) is 0 Å². The molecule has 82 valence electrons. The van der Waals surface area contributed by atoms with E-state index in [1.165, 1.54) is 0 Å². The smallest absolute Gasteiger partial charge is 0.223 e. The summed E-state index contributed by atoms with van der Waals surface area (Å²) in [6.45, 7) is 0. The maximum absolute atomic E-state index is 13.5. The monoisotopic (exact) mass is 237 g/mol. The van der Waals surface area contributed by atoms with E-state index in [2.05, 4.69) is 15.3 Å². The summed E-state index contributed by atoms with van der Waals surface area (Å²) in [6, 6.07) is 6.88. The standard InChI is InChI=1S/C11H9ClFN3/c1-14-11-15-6-9(13)10(16-11)7-3-2-4-8(12)5-7/h2-6H,1H3,(H,14,15,16). The summed E-state index contributed by atoms with van der Waals surface area (Å²) < 4.78 is 13.5. The van der Waals surface area contributed by atoms with E-state index < -0.39 is 5.82 Å². The number of nitrogens with zero attached hydrogens (tertiary/aromatic N) is 2. The van der Waals surface area contributed by atoms with E-state index in [9.17, 15) is 4.39 Å². The van der Waals surface area contributed by atoms with E-state index in [0.717, 1.165) is 6.20 Å². The number of halogens is 2. The van der Waals surface area contributed by atoms with Crippen LogP contribution in [-0.4, -0.2) is 17.0 Å². The Balaban J connectivity index is 2.54. The largest absolute Gasteiger partial charge is 0.357 e. The molecule has 0 aliphatic rings. The van der Waals surface area contributed by atoms with Crippen LogP contribution in [0.3, 0.4) is 0 Å². The van der Waals surface area contributed by atoms with Crippen molar-refractivity contribution in [1.29, 1.82) is 0 Å². The lowest BCUT2D eigenvalue weighted by molar-refractivity contribution is 0.619. The van der Waals surface area contributed by atoms with Gasteiger partial charge in [0.15, 0.2) is 5.82 Å². The Hall–Kier alpha value is -1.68. The van der Waals surface area contributed by atoms with Crippen molar-refractivity contribution < 1.29 is 4.39 Å². The van der Waals surface area contributed by atoms with Crippen LogP contribution in [0.15, 0.2) is 30.5 Å². The first-order valence-electron chi connectivity index (χ1n) is 4.67. The molecule has 0 unspecified atom stereocenters. The molecule has 0 atom stereocenters. The summed E-state index contributed by atoms with van der Waals surface area (Å²) >= 11 is 5.84. The maximum Gasteiger partial charge on any atom is 0.223 e. The van der Waals surface area contributed by atoms with Crippen LogP contribution in [0.4, 0.5) is 10.3 Å². The van der Waals surface area contributed by atoms with Gasteiger partial charge in [0.1, 0.15) is 5.69 Å². The third kappa shape index (κ3) is 2.12. The van der Waals surface area contributed by atoms with Crippen molar-refractivity contribution in [3.63, 3.8) is 0 Å². The molecule has 2 rings (SSSR count). The molecule has 16 heavy (non-hydrogen) atoms. The van der Waals surface area contributed by atoms with Gasteiger partial charge in [-0.15, -0.1) is 0 Å². The molecule has 1 heterocycles. The molecule has 0 aliphatic heterocycles. The Labute approximate surface area is 97.3 Å². The van der Waals surface area contributed by atoms with Crippen molar-refractivity contribution in [3.8, 4) is 11.3 Å². The average molecular weight is 238 g/mol. The van der Waals surface area contributed by atoms with Crippen molar-refractivity contribution in [3.05, 3.63) is 41.3 Å². The van der Waals surface area contributed by atoms with Gasteiger partial charge >= 0.3 is 0 Å². The fraction of sp³-hybridized carbons (Fsp3) is 0.0909. The van der Waals surface area contributed by atoms with Crippen LogP contribution >= 0.6 is 11.6 Å². The van der Waals surface area contributed by atoms with Crippen LogP contribution < -0.4 is 5.32 Å². The minimum absolute atomic E-state index is 0.238. The fourth-order valence-electron chi connectivity index (χ4n) is 1.33. The molecular weight excluding hydrogens is 229 g/mol. The molecular formula is C11H9ClFN3. The normalized spacial score (nSPS) is 10.2. The highest BCUT2D eigenvalue weighted by Crippen LogP contribution is 2.23. The van der Waals surface area contributed by atoms with Gasteiger partial charge in [-0.25, -0.2) is 14.4 Å². The van der Waals surface area contributed by atoms with Crippen LogP contribution in [-0.2, 0) is 0 Å². The minimum Gasteiger partial charge on any atom is -0.357 e. The number of benzene rings is 1. The van der Waals surface area contributed by atoms with Gasteiger partial charge in [-0.3, -0.25) is 0 Å². The first-order chi connectivity index (χ1) is 7.70. The zero-order chi connectivity index (χ0) is 11.5. The Morgan fingerprint density at radius 1 is 1.38 bits per heavy atom. The molecule has 0 radical (unpaired) electrons. The molecule has 0 fully saturated rings. The van der Waals surface area contributed by atoms with E-state index >= 15 is 0 Å². The van der Waals surface area contributed by atoms with Gasteiger partial charge < -0.3 is 5.32 Å². The van der Waals surface area contributed by atoms with Crippen LogP contribution in [0.2, 0.25) is 5.02 Å². The molecule has 0 saturated carbocycles. The van der Waals surface area contributed by atoms with Gasteiger partial charge in [0.05, 0.1) is 6.20 Å². The third-order valence-electron chi connectivity index (χ3n) is 2.07. The molecule has 1 N–H and O–H groups in total. The maximum atomic E-state index is 13.5. The highest BCUT2D eigenvalue weighted by atomic mass is 35.5. The Morgan fingerprint density at radius 3 is 2.88 bits per heavy atom. The van der Waals surface area contributed by atoms with E-state index in [0.29, 0.717) is 16.5 Å². The number of hydrogen-bond acceptors (Lipinski definition) is 3. The lowest BCUT2D eigenvalue weighted by Crippen LogP contribution is -1.99. The Bertz CT molecular complexity index is 516. The van der Waals surface area contributed by atoms with Crippen LogP contribution in [0, 0.1) is 5.82 Å². The minimum atomic E-state index is -0.471. The first-order valence-corrected chi connectivity index (χ1v) is 5.04. The number of anilines is 1. The van der Waals surface area contributed by atoms with Gasteiger partial charge in [-0.2, -0.15) is 0 Å². The second-order valence-electron chi connectivity index (χ2n) is 3.15. The first kappa shape index (κ1) is 10.8. The number of rotatable bonds is 2. The Morgan fingerprint density at radius 2 is 2.19 bits per heavy atom. The van der Waals surface area contributed by atoms with E-state index in [1.807, 2.05) is 0 Å². The summed E-state index contributed by atoms with van der Waals surface area (Å²) in [5.74, 6) is -0.0994. The van der Waals surface area contributed by atoms with Gasteiger partial charge in [-0.1, -0.05) is 23.7 Å². The molecule has 2 aromatic rings. The average Bonchev–Trinajstić information content (AvgIpc) is 2.30. The molecule has 1 aromatic heterocycles. The molecule has 0 aliphatic carbocycles. The molecule has 0 amide bonds. The molecule has 5 heteroatoms. The van der Waals surface area contributed by atoms with Crippen LogP contribution in [0.1, 0.15) is 0 Å². The molecule has 0 spiro atoms. The van der Waals surface area contributed by atoms with E-state index in [4.69, 9.17) is 11.6 Å². The Kier molecular flexibility index (Phi) is 3.01. The fourth-order valence-corrected chi connectivity index (χ4v) is 1.52. The SMILES string of the molecule is CNc1ncc(F)c(-c2cccc(Cl)c2)n1. The van der Waals surface area contributed by atoms with Crippen LogP contribution in [0.25, 0.3) is 11.3 Å². The second-order valence-corrected chi connectivity index (χ2v) is 3.59. The van der Waals surface area contributed by atoms with Gasteiger partial charge in [-0.05, 0) is 12.1 Å². The lowest BCUT2D eigenvalue weighted by atomic mass is 10.1. The molecule has 0 bridgehead atoms. The van der Waals surface area contributed by atoms with Gasteiger partial charge in [0.2, 0.25) is 5.95 Å². The zero-order valence-corrected chi connectivity index (χ0v) is 9.29. The van der Waals surface area contributed by atoms with E-state index in [1.54, 1.807) is 31.3 Å². The second kappa shape index (κ2) is 4.45. The van der Waals surface area contributed by atoms with Crippen LogP contribution in [0.5, 0.6) is 0 Å². The summed E-state index contributed by atoms with van der Waals surface area (Å²) in [4.78, 5) is 7.82. The summed E-state index contributed by atoms with van der Waals surface area (Å²) in [5, 5.41) is 3.30. The topological polar surface area (TPSA) is 37.8 Å². The van der Waals surface area contributed by atoms with Crippen molar-refractivity contribution in [1.82, 2.24) is 9.97 Å². The predicted octanol–water partition coefficient (Wildman–Crippen LogP) is 2.98. The van der Waals surface area contributed by atoms with Crippen molar-refractivity contribution in [2.24, 2.45) is 0 Å². The summed E-state index contributed by atoms with van der Waals surface area (Å²) in [5.41, 5.74) is 0.866.